The summed E-state index contributed by atoms with van der Waals surface area (Å²) >= 11 is 1.37. The lowest BCUT2D eigenvalue weighted by atomic mass is 10.2. The lowest BCUT2D eigenvalue weighted by Gasteiger charge is -2.05. The highest BCUT2D eigenvalue weighted by molar-refractivity contribution is 7.98. The minimum absolute atomic E-state index is 0.0145. The van der Waals surface area contributed by atoms with Gasteiger partial charge in [0.15, 0.2) is 17.4 Å². The highest BCUT2D eigenvalue weighted by atomic mass is 32.2. The Labute approximate surface area is 114 Å². The molecule has 0 amide bonds. The van der Waals surface area contributed by atoms with Crippen molar-refractivity contribution in [2.75, 3.05) is 0 Å². The Morgan fingerprint density at radius 3 is 2.63 bits per heavy atom. The van der Waals surface area contributed by atoms with Crippen molar-refractivity contribution in [3.63, 3.8) is 0 Å². The van der Waals surface area contributed by atoms with Crippen molar-refractivity contribution in [3.05, 3.63) is 65.2 Å². The average molecular weight is 278 g/mol. The van der Waals surface area contributed by atoms with E-state index in [-0.39, 0.29) is 5.78 Å². The van der Waals surface area contributed by atoms with E-state index < -0.39 is 11.6 Å². The van der Waals surface area contributed by atoms with Crippen molar-refractivity contribution in [1.82, 2.24) is 0 Å². The van der Waals surface area contributed by atoms with E-state index in [1.807, 2.05) is 6.07 Å². The van der Waals surface area contributed by atoms with Gasteiger partial charge < -0.3 is 0 Å². The molecular weight excluding hydrogens is 266 g/mol. The highest BCUT2D eigenvalue weighted by Crippen LogP contribution is 2.25. The Hall–Kier alpha value is -1.68. The van der Waals surface area contributed by atoms with Crippen molar-refractivity contribution in [2.45, 2.75) is 17.6 Å². The molecule has 19 heavy (non-hydrogen) atoms. The zero-order valence-electron chi connectivity index (χ0n) is 10.3. The van der Waals surface area contributed by atoms with E-state index in [0.29, 0.717) is 16.9 Å². The third-order valence-corrected chi connectivity index (χ3v) is 3.71. The Morgan fingerprint density at radius 1 is 1.16 bits per heavy atom. The van der Waals surface area contributed by atoms with Crippen LogP contribution in [0.3, 0.4) is 0 Å². The van der Waals surface area contributed by atoms with Crippen molar-refractivity contribution >= 4 is 17.5 Å². The maximum Gasteiger partial charge on any atom is 0.162 e. The molecule has 0 saturated heterocycles. The Balaban J connectivity index is 2.12. The van der Waals surface area contributed by atoms with Crippen LogP contribution in [0.5, 0.6) is 0 Å². The lowest BCUT2D eigenvalue weighted by Crippen LogP contribution is -1.93. The van der Waals surface area contributed by atoms with Gasteiger partial charge in [-0.2, -0.15) is 0 Å². The molecule has 2 rings (SSSR count). The summed E-state index contributed by atoms with van der Waals surface area (Å²) < 4.78 is 26.5. The molecule has 0 aliphatic heterocycles. The zero-order chi connectivity index (χ0) is 13.8. The van der Waals surface area contributed by atoms with Crippen LogP contribution in [0.15, 0.2) is 47.4 Å². The molecule has 2 aromatic carbocycles. The molecule has 0 radical (unpaired) electrons. The van der Waals surface area contributed by atoms with Crippen LogP contribution in [-0.2, 0) is 5.75 Å². The number of hydrogen-bond donors (Lipinski definition) is 0. The summed E-state index contributed by atoms with van der Waals surface area (Å²) in [5.74, 6) is -1.34. The number of carbonyl (C=O) groups excluding carboxylic acids is 1. The second kappa shape index (κ2) is 5.97. The first-order valence-corrected chi connectivity index (χ1v) is 6.73. The summed E-state index contributed by atoms with van der Waals surface area (Å²) in [6.45, 7) is 1.50. The van der Waals surface area contributed by atoms with Crippen LogP contribution in [0.2, 0.25) is 0 Å². The monoisotopic (exact) mass is 278 g/mol. The number of rotatable bonds is 4. The van der Waals surface area contributed by atoms with E-state index in [1.54, 1.807) is 24.3 Å². The van der Waals surface area contributed by atoms with Crippen LogP contribution in [0, 0.1) is 11.6 Å². The first-order valence-electron chi connectivity index (χ1n) is 5.74. The van der Waals surface area contributed by atoms with Gasteiger partial charge in [0, 0.05) is 21.8 Å². The second-order valence-corrected chi connectivity index (χ2v) is 5.13. The van der Waals surface area contributed by atoms with Crippen molar-refractivity contribution in [3.8, 4) is 0 Å². The number of benzene rings is 2. The second-order valence-electron chi connectivity index (χ2n) is 4.09. The van der Waals surface area contributed by atoms with Crippen molar-refractivity contribution in [1.29, 1.82) is 0 Å². The molecule has 0 aliphatic carbocycles. The molecule has 98 valence electrons. The van der Waals surface area contributed by atoms with Crippen LogP contribution >= 0.6 is 11.8 Å². The summed E-state index contributed by atoms with van der Waals surface area (Å²) in [6, 6.07) is 11.2. The first kappa shape index (κ1) is 13.7. The number of carbonyl (C=O) groups is 1. The smallest absolute Gasteiger partial charge is 0.162 e. The highest BCUT2D eigenvalue weighted by Gasteiger charge is 2.08. The predicted octanol–water partition coefficient (Wildman–Crippen LogP) is 4.46. The van der Waals surface area contributed by atoms with E-state index >= 15 is 0 Å². The summed E-state index contributed by atoms with van der Waals surface area (Å²) in [7, 11) is 0. The fourth-order valence-corrected chi connectivity index (χ4v) is 2.56. The van der Waals surface area contributed by atoms with Gasteiger partial charge in [-0.3, -0.25) is 4.79 Å². The number of halogens is 2. The van der Waals surface area contributed by atoms with Crippen LogP contribution < -0.4 is 0 Å². The number of hydrogen-bond acceptors (Lipinski definition) is 2. The average Bonchev–Trinajstić information content (AvgIpc) is 2.41. The minimum atomic E-state index is -0.837. The Bertz CT molecular complexity index is 611. The van der Waals surface area contributed by atoms with E-state index in [4.69, 9.17) is 0 Å². The molecular formula is C15H12F2OS. The van der Waals surface area contributed by atoms with Gasteiger partial charge in [-0.05, 0) is 25.1 Å². The topological polar surface area (TPSA) is 17.1 Å². The first-order chi connectivity index (χ1) is 9.08. The largest absolute Gasteiger partial charge is 0.295 e. The van der Waals surface area contributed by atoms with Gasteiger partial charge >= 0.3 is 0 Å². The maximum atomic E-state index is 13.5. The van der Waals surface area contributed by atoms with E-state index in [9.17, 15) is 13.6 Å². The number of ketones is 1. The fourth-order valence-electron chi connectivity index (χ4n) is 1.63. The molecule has 0 N–H and O–H groups in total. The third-order valence-electron chi connectivity index (χ3n) is 2.67. The predicted molar refractivity (Wildman–Crippen MR) is 72.4 cm³/mol. The number of Topliss-reactive ketones (excluding diaryl/α,β-unsaturated/α-hetero) is 1. The quantitative estimate of drug-likeness (QED) is 0.606. The molecule has 0 aliphatic rings. The van der Waals surface area contributed by atoms with E-state index in [1.165, 1.54) is 24.8 Å². The molecule has 0 heterocycles. The Morgan fingerprint density at radius 2 is 1.89 bits per heavy atom. The SMILES string of the molecule is CC(=O)c1cccc(SCc2cccc(F)c2F)c1. The molecule has 0 bridgehead atoms. The molecule has 0 aromatic heterocycles. The summed E-state index contributed by atoms with van der Waals surface area (Å²) in [5.41, 5.74) is 0.933. The summed E-state index contributed by atoms with van der Waals surface area (Å²) in [6.07, 6.45) is 0. The number of thioether (sulfide) groups is 1. The van der Waals surface area contributed by atoms with Crippen molar-refractivity contribution in [2.24, 2.45) is 0 Å². The van der Waals surface area contributed by atoms with E-state index in [0.717, 1.165) is 11.0 Å². The van der Waals surface area contributed by atoms with Crippen LogP contribution in [-0.4, -0.2) is 5.78 Å². The zero-order valence-corrected chi connectivity index (χ0v) is 11.1. The normalized spacial score (nSPS) is 10.5. The summed E-state index contributed by atoms with van der Waals surface area (Å²) in [5, 5.41) is 0. The van der Waals surface area contributed by atoms with Gasteiger partial charge in [0.1, 0.15) is 0 Å². The minimum Gasteiger partial charge on any atom is -0.295 e. The van der Waals surface area contributed by atoms with Gasteiger partial charge in [-0.1, -0.05) is 24.3 Å². The van der Waals surface area contributed by atoms with Crippen LogP contribution in [0.1, 0.15) is 22.8 Å². The van der Waals surface area contributed by atoms with Gasteiger partial charge in [-0.25, -0.2) is 8.78 Å². The maximum absolute atomic E-state index is 13.5. The van der Waals surface area contributed by atoms with Gasteiger partial charge in [0.25, 0.3) is 0 Å². The standard InChI is InChI=1S/C15H12F2OS/c1-10(18)11-4-2-6-13(8-11)19-9-12-5-3-7-14(16)15(12)17/h2-8H,9H2,1H3. The molecule has 2 aromatic rings. The summed E-state index contributed by atoms with van der Waals surface area (Å²) in [4.78, 5) is 12.1. The lowest BCUT2D eigenvalue weighted by molar-refractivity contribution is 0.101. The van der Waals surface area contributed by atoms with Crippen molar-refractivity contribution < 1.29 is 13.6 Å². The van der Waals surface area contributed by atoms with Crippen LogP contribution in [0.4, 0.5) is 8.78 Å². The molecule has 0 unspecified atom stereocenters. The third kappa shape index (κ3) is 3.41. The molecule has 0 saturated carbocycles. The molecule has 4 heteroatoms. The van der Waals surface area contributed by atoms with Gasteiger partial charge in [0.2, 0.25) is 0 Å². The van der Waals surface area contributed by atoms with Gasteiger partial charge in [0.05, 0.1) is 0 Å². The van der Waals surface area contributed by atoms with E-state index in [2.05, 4.69) is 0 Å². The molecule has 1 nitrogen and oxygen atoms in total. The van der Waals surface area contributed by atoms with Gasteiger partial charge in [-0.15, -0.1) is 11.8 Å². The Kier molecular flexibility index (Phi) is 4.32. The molecule has 0 atom stereocenters. The molecule has 0 fully saturated rings. The fraction of sp³-hybridized carbons (Fsp3) is 0.133. The molecule has 0 spiro atoms. The van der Waals surface area contributed by atoms with Crippen LogP contribution in [0.25, 0.3) is 0 Å².